The monoisotopic (exact) mass is 240 g/mol. The molecule has 1 saturated carbocycles. The van der Waals surface area contributed by atoms with Gasteiger partial charge in [-0.15, -0.1) is 0 Å². The van der Waals surface area contributed by atoms with Gasteiger partial charge in [0.15, 0.2) is 0 Å². The lowest BCUT2D eigenvalue weighted by Crippen LogP contribution is -2.27. The Bertz CT molecular complexity index is 86.9. The Hall–Kier alpha value is 0.690. The van der Waals surface area contributed by atoms with Crippen molar-refractivity contribution in [1.29, 1.82) is 0 Å². The maximum Gasteiger partial charge on any atom is 0.110 e. The van der Waals surface area contributed by atoms with E-state index in [1.807, 2.05) is 23.0 Å². The molecule has 0 aromatic rings. The number of rotatable bonds is 1. The minimum absolute atomic E-state index is 0.207. The zero-order valence-electron chi connectivity index (χ0n) is 5.82. The summed E-state index contributed by atoms with van der Waals surface area (Å²) in [5.41, 5.74) is 0.207. The largest absolute Gasteiger partial charge is 0.309 e. The fraction of sp³-hybridized carbons (Fsp3) is 1.00. The van der Waals surface area contributed by atoms with Crippen molar-refractivity contribution in [2.75, 3.05) is 0 Å². The van der Waals surface area contributed by atoms with Gasteiger partial charge in [0, 0.05) is 0 Å². The minimum atomic E-state index is 0.207. The Labute approximate surface area is 70.9 Å². The van der Waals surface area contributed by atoms with Crippen LogP contribution in [0.4, 0.5) is 0 Å². The maximum absolute atomic E-state index is 5.35. The molecule has 0 saturated heterocycles. The van der Waals surface area contributed by atoms with Crippen molar-refractivity contribution < 1.29 is 3.07 Å². The van der Waals surface area contributed by atoms with E-state index in [1.54, 1.807) is 0 Å². The lowest BCUT2D eigenvalue weighted by Gasteiger charge is -2.30. The third-order valence-electron chi connectivity index (χ3n) is 2.10. The van der Waals surface area contributed by atoms with E-state index in [0.717, 1.165) is 0 Å². The Morgan fingerprint density at radius 2 is 1.78 bits per heavy atom. The van der Waals surface area contributed by atoms with Gasteiger partial charge in [0.25, 0.3) is 0 Å². The summed E-state index contributed by atoms with van der Waals surface area (Å²) in [6.07, 6.45) is 6.58. The van der Waals surface area contributed by atoms with Gasteiger partial charge in [0.1, 0.15) is 23.0 Å². The van der Waals surface area contributed by atoms with Gasteiger partial charge in [0.2, 0.25) is 0 Å². The van der Waals surface area contributed by atoms with Crippen molar-refractivity contribution in [3.8, 4) is 0 Å². The van der Waals surface area contributed by atoms with Crippen molar-refractivity contribution in [1.82, 2.24) is 0 Å². The van der Waals surface area contributed by atoms with Crippen LogP contribution in [-0.2, 0) is 3.07 Å². The second-order valence-electron chi connectivity index (χ2n) is 3.09. The van der Waals surface area contributed by atoms with Gasteiger partial charge in [-0.2, -0.15) is 0 Å². The van der Waals surface area contributed by atoms with Crippen LogP contribution in [-0.4, -0.2) is 5.60 Å². The number of halogens is 1. The first kappa shape index (κ1) is 7.79. The van der Waals surface area contributed by atoms with E-state index in [1.165, 1.54) is 32.1 Å². The predicted molar refractivity (Wildman–Crippen MR) is 46.6 cm³/mol. The van der Waals surface area contributed by atoms with Crippen LogP contribution >= 0.6 is 23.0 Å². The highest BCUT2D eigenvalue weighted by atomic mass is 127. The summed E-state index contributed by atoms with van der Waals surface area (Å²) in [4.78, 5) is 0. The van der Waals surface area contributed by atoms with E-state index >= 15 is 0 Å². The summed E-state index contributed by atoms with van der Waals surface area (Å²) in [5, 5.41) is 0. The molecule has 0 heterocycles. The molecule has 0 aromatic heterocycles. The molecule has 0 amide bonds. The summed E-state index contributed by atoms with van der Waals surface area (Å²) >= 11 is 2.02. The first-order valence-electron chi connectivity index (χ1n) is 3.57. The molecule has 0 atom stereocenters. The number of hydrogen-bond acceptors (Lipinski definition) is 1. The third kappa shape index (κ3) is 2.08. The summed E-state index contributed by atoms with van der Waals surface area (Å²) in [5.74, 6) is 0. The zero-order valence-corrected chi connectivity index (χ0v) is 7.98. The summed E-state index contributed by atoms with van der Waals surface area (Å²) in [7, 11) is 0. The zero-order chi connectivity index (χ0) is 6.74. The number of hydrogen-bond donors (Lipinski definition) is 0. The van der Waals surface area contributed by atoms with Gasteiger partial charge in [-0.05, 0) is 19.8 Å². The average molecular weight is 240 g/mol. The van der Waals surface area contributed by atoms with Gasteiger partial charge in [-0.25, -0.2) is 0 Å². The molecular weight excluding hydrogens is 227 g/mol. The van der Waals surface area contributed by atoms with Gasteiger partial charge in [-0.3, -0.25) is 0 Å². The molecule has 1 nitrogen and oxygen atoms in total. The van der Waals surface area contributed by atoms with Crippen molar-refractivity contribution in [3.63, 3.8) is 0 Å². The average Bonchev–Trinajstić information content (AvgIpc) is 1.90. The first-order valence-corrected chi connectivity index (χ1v) is 4.45. The Kier molecular flexibility index (Phi) is 2.76. The smallest absolute Gasteiger partial charge is 0.110 e. The van der Waals surface area contributed by atoms with Crippen LogP contribution in [0.2, 0.25) is 0 Å². The van der Waals surface area contributed by atoms with Crippen LogP contribution in [0.1, 0.15) is 39.0 Å². The molecule has 0 bridgehead atoms. The molecular formula is C7H13IO. The molecule has 0 unspecified atom stereocenters. The summed E-state index contributed by atoms with van der Waals surface area (Å²) in [6, 6.07) is 0. The van der Waals surface area contributed by atoms with Gasteiger partial charge in [-0.1, -0.05) is 19.3 Å². The molecule has 9 heavy (non-hydrogen) atoms. The maximum atomic E-state index is 5.35. The normalized spacial score (nSPS) is 26.0. The predicted octanol–water partition coefficient (Wildman–Crippen LogP) is 3.08. The van der Waals surface area contributed by atoms with Gasteiger partial charge >= 0.3 is 0 Å². The van der Waals surface area contributed by atoms with Crippen molar-refractivity contribution in [2.24, 2.45) is 0 Å². The van der Waals surface area contributed by atoms with E-state index in [4.69, 9.17) is 3.07 Å². The third-order valence-corrected chi connectivity index (χ3v) is 3.16. The van der Waals surface area contributed by atoms with Crippen molar-refractivity contribution >= 4 is 23.0 Å². The van der Waals surface area contributed by atoms with E-state index in [0.29, 0.717) is 0 Å². The Balaban J connectivity index is 2.37. The highest BCUT2D eigenvalue weighted by Crippen LogP contribution is 2.32. The van der Waals surface area contributed by atoms with E-state index in [2.05, 4.69) is 6.92 Å². The highest BCUT2D eigenvalue weighted by molar-refractivity contribution is 14.1. The summed E-state index contributed by atoms with van der Waals surface area (Å²) in [6.45, 7) is 2.21. The molecule has 0 aliphatic heterocycles. The van der Waals surface area contributed by atoms with Crippen LogP contribution in [0.15, 0.2) is 0 Å². The Morgan fingerprint density at radius 3 is 2.11 bits per heavy atom. The molecule has 1 fully saturated rings. The van der Waals surface area contributed by atoms with Crippen LogP contribution in [0, 0.1) is 0 Å². The molecule has 0 spiro atoms. The topological polar surface area (TPSA) is 9.23 Å². The molecule has 54 valence electrons. The second-order valence-corrected chi connectivity index (χ2v) is 3.53. The first-order chi connectivity index (χ1) is 4.27. The van der Waals surface area contributed by atoms with E-state index < -0.39 is 0 Å². The fourth-order valence-corrected chi connectivity index (χ4v) is 1.82. The Morgan fingerprint density at radius 1 is 1.22 bits per heavy atom. The van der Waals surface area contributed by atoms with Gasteiger partial charge in [0.05, 0.1) is 5.60 Å². The lowest BCUT2D eigenvalue weighted by atomic mass is 9.87. The molecule has 1 aliphatic rings. The summed E-state index contributed by atoms with van der Waals surface area (Å²) < 4.78 is 5.35. The molecule has 0 radical (unpaired) electrons. The van der Waals surface area contributed by atoms with E-state index in [9.17, 15) is 0 Å². The van der Waals surface area contributed by atoms with Crippen LogP contribution < -0.4 is 0 Å². The quantitative estimate of drug-likeness (QED) is 0.640. The van der Waals surface area contributed by atoms with Crippen molar-refractivity contribution in [2.45, 2.75) is 44.6 Å². The lowest BCUT2D eigenvalue weighted by molar-refractivity contribution is 0.0976. The standard InChI is InChI=1S/C7H13IO/c1-7(9-8)5-3-2-4-6-7/h2-6H2,1H3. The molecule has 2 heteroatoms. The van der Waals surface area contributed by atoms with Crippen LogP contribution in [0.5, 0.6) is 0 Å². The molecule has 1 aliphatic carbocycles. The van der Waals surface area contributed by atoms with E-state index in [-0.39, 0.29) is 5.60 Å². The van der Waals surface area contributed by atoms with Crippen LogP contribution in [0.25, 0.3) is 0 Å². The van der Waals surface area contributed by atoms with Crippen LogP contribution in [0.3, 0.4) is 0 Å². The molecule has 1 rings (SSSR count). The fourth-order valence-electron chi connectivity index (χ4n) is 1.38. The molecule has 0 N–H and O–H groups in total. The van der Waals surface area contributed by atoms with Crippen molar-refractivity contribution in [3.05, 3.63) is 0 Å². The highest BCUT2D eigenvalue weighted by Gasteiger charge is 2.26. The minimum Gasteiger partial charge on any atom is -0.309 e. The van der Waals surface area contributed by atoms with Gasteiger partial charge < -0.3 is 3.07 Å². The second kappa shape index (κ2) is 3.19. The molecule has 0 aromatic carbocycles. The SMILES string of the molecule is CC1(OI)CCCCC1.